The van der Waals surface area contributed by atoms with Gasteiger partial charge in [0.1, 0.15) is 12.2 Å². The van der Waals surface area contributed by atoms with Gasteiger partial charge in [-0.3, -0.25) is 4.79 Å². The van der Waals surface area contributed by atoms with Crippen molar-refractivity contribution in [3.63, 3.8) is 0 Å². The molecule has 86 valence electrons. The van der Waals surface area contributed by atoms with Crippen molar-refractivity contribution in [1.29, 1.82) is 0 Å². The number of ether oxygens (including phenoxy) is 3. The standard InChI is InChI=1S/C10H17NO4/c1-10(2)14-7-5-11-6(9(7)15-10)4-8(12)13-3/h6-7,9,11H,4-5H2,1-3H3/t6-,7-,9+/m1/s1. The third-order valence-corrected chi connectivity index (χ3v) is 2.81. The second-order valence-electron chi connectivity index (χ2n) is 4.43. The fourth-order valence-corrected chi connectivity index (χ4v) is 2.20. The molecule has 3 atom stereocenters. The minimum atomic E-state index is -0.536. The van der Waals surface area contributed by atoms with E-state index in [4.69, 9.17) is 9.47 Å². The Bertz CT molecular complexity index is 266. The van der Waals surface area contributed by atoms with E-state index in [2.05, 4.69) is 10.1 Å². The first-order chi connectivity index (χ1) is 7.02. The topological polar surface area (TPSA) is 56.8 Å². The van der Waals surface area contributed by atoms with Crippen molar-refractivity contribution in [2.24, 2.45) is 0 Å². The lowest BCUT2D eigenvalue weighted by Crippen LogP contribution is -2.37. The fourth-order valence-electron chi connectivity index (χ4n) is 2.20. The predicted octanol–water partition coefficient (Wildman–Crippen LogP) is 0.0414. The lowest BCUT2D eigenvalue weighted by molar-refractivity contribution is -0.156. The van der Waals surface area contributed by atoms with E-state index < -0.39 is 5.79 Å². The Morgan fingerprint density at radius 1 is 1.53 bits per heavy atom. The number of nitrogens with one attached hydrogen (secondary N) is 1. The van der Waals surface area contributed by atoms with Gasteiger partial charge in [-0.1, -0.05) is 0 Å². The van der Waals surface area contributed by atoms with E-state index in [1.807, 2.05) is 13.8 Å². The second-order valence-corrected chi connectivity index (χ2v) is 4.43. The first-order valence-corrected chi connectivity index (χ1v) is 5.18. The molecule has 2 heterocycles. The van der Waals surface area contributed by atoms with Gasteiger partial charge < -0.3 is 19.5 Å². The highest BCUT2D eigenvalue weighted by atomic mass is 16.8. The third kappa shape index (κ3) is 2.14. The maximum absolute atomic E-state index is 11.2. The van der Waals surface area contributed by atoms with Crippen LogP contribution in [0.5, 0.6) is 0 Å². The molecular formula is C10H17NO4. The molecule has 2 rings (SSSR count). The maximum atomic E-state index is 11.2. The smallest absolute Gasteiger partial charge is 0.307 e. The third-order valence-electron chi connectivity index (χ3n) is 2.81. The van der Waals surface area contributed by atoms with Crippen molar-refractivity contribution >= 4 is 5.97 Å². The molecule has 0 spiro atoms. The largest absolute Gasteiger partial charge is 0.469 e. The number of carbonyl (C=O) groups is 1. The van der Waals surface area contributed by atoms with Gasteiger partial charge in [-0.25, -0.2) is 0 Å². The highest BCUT2D eigenvalue weighted by Crippen LogP contribution is 2.33. The van der Waals surface area contributed by atoms with Crippen LogP contribution in [0.15, 0.2) is 0 Å². The molecule has 1 N–H and O–H groups in total. The molecule has 0 aliphatic carbocycles. The number of fused-ring (bicyclic) bond motifs is 1. The number of methoxy groups -OCH3 is 1. The van der Waals surface area contributed by atoms with E-state index in [1.165, 1.54) is 7.11 Å². The average molecular weight is 215 g/mol. The Kier molecular flexibility index (Phi) is 2.70. The van der Waals surface area contributed by atoms with Crippen LogP contribution in [0.3, 0.4) is 0 Å². The lowest BCUT2D eigenvalue weighted by atomic mass is 10.1. The Morgan fingerprint density at radius 3 is 2.93 bits per heavy atom. The molecule has 5 heteroatoms. The molecular weight excluding hydrogens is 198 g/mol. The quantitative estimate of drug-likeness (QED) is 0.659. The van der Waals surface area contributed by atoms with Crippen LogP contribution in [0.2, 0.25) is 0 Å². The number of hydrogen-bond donors (Lipinski definition) is 1. The molecule has 0 radical (unpaired) electrons. The summed E-state index contributed by atoms with van der Waals surface area (Å²) in [7, 11) is 1.39. The zero-order valence-corrected chi connectivity index (χ0v) is 9.28. The molecule has 0 amide bonds. The van der Waals surface area contributed by atoms with Crippen LogP contribution in [0.1, 0.15) is 20.3 Å². The average Bonchev–Trinajstić information content (AvgIpc) is 2.63. The molecule has 0 unspecified atom stereocenters. The Balaban J connectivity index is 1.97. The van der Waals surface area contributed by atoms with E-state index in [-0.39, 0.29) is 24.2 Å². The van der Waals surface area contributed by atoms with Crippen molar-refractivity contribution in [3.05, 3.63) is 0 Å². The number of rotatable bonds is 2. The molecule has 15 heavy (non-hydrogen) atoms. The molecule has 2 fully saturated rings. The normalized spacial score (nSPS) is 37.7. The minimum absolute atomic E-state index is 0.00391. The number of carbonyl (C=O) groups excluding carboxylic acids is 1. The Labute approximate surface area is 89.1 Å². The number of hydrogen-bond acceptors (Lipinski definition) is 5. The van der Waals surface area contributed by atoms with Gasteiger partial charge in [0.2, 0.25) is 0 Å². The molecule has 0 aromatic carbocycles. The summed E-state index contributed by atoms with van der Waals surface area (Å²) in [4.78, 5) is 11.2. The zero-order valence-electron chi connectivity index (χ0n) is 9.28. The molecule has 0 bridgehead atoms. The Morgan fingerprint density at radius 2 is 2.27 bits per heavy atom. The maximum Gasteiger partial charge on any atom is 0.307 e. The van der Waals surface area contributed by atoms with Crippen molar-refractivity contribution < 1.29 is 19.0 Å². The summed E-state index contributed by atoms with van der Waals surface area (Å²) >= 11 is 0. The van der Waals surface area contributed by atoms with Gasteiger partial charge in [-0.15, -0.1) is 0 Å². The van der Waals surface area contributed by atoms with Crippen LogP contribution in [0, 0.1) is 0 Å². The fraction of sp³-hybridized carbons (Fsp3) is 0.900. The SMILES string of the molecule is COC(=O)C[C@H]1NC[C@H]2OC(C)(C)O[C@@H]12. The summed E-state index contributed by atoms with van der Waals surface area (Å²) in [6, 6.07) is 0.00391. The first kappa shape index (κ1) is 10.9. The van der Waals surface area contributed by atoms with Crippen LogP contribution >= 0.6 is 0 Å². The van der Waals surface area contributed by atoms with Gasteiger partial charge in [0.05, 0.1) is 13.5 Å². The van der Waals surface area contributed by atoms with E-state index >= 15 is 0 Å². The van der Waals surface area contributed by atoms with E-state index in [0.29, 0.717) is 6.42 Å². The van der Waals surface area contributed by atoms with Gasteiger partial charge in [0.25, 0.3) is 0 Å². The summed E-state index contributed by atoms with van der Waals surface area (Å²) in [5.41, 5.74) is 0. The highest BCUT2D eigenvalue weighted by molar-refractivity contribution is 5.70. The minimum Gasteiger partial charge on any atom is -0.469 e. The van der Waals surface area contributed by atoms with Crippen LogP contribution in [-0.2, 0) is 19.0 Å². The summed E-state index contributed by atoms with van der Waals surface area (Å²) < 4.78 is 16.1. The van der Waals surface area contributed by atoms with E-state index in [1.54, 1.807) is 0 Å². The Hall–Kier alpha value is -0.650. The molecule has 0 saturated carbocycles. The zero-order chi connectivity index (χ0) is 11.1. The van der Waals surface area contributed by atoms with Crippen molar-refractivity contribution in [2.45, 2.75) is 44.3 Å². The van der Waals surface area contributed by atoms with Crippen molar-refractivity contribution in [1.82, 2.24) is 5.32 Å². The summed E-state index contributed by atoms with van der Waals surface area (Å²) in [5, 5.41) is 3.21. The van der Waals surface area contributed by atoms with Gasteiger partial charge >= 0.3 is 5.97 Å². The van der Waals surface area contributed by atoms with Crippen molar-refractivity contribution in [3.8, 4) is 0 Å². The molecule has 5 nitrogen and oxygen atoms in total. The summed E-state index contributed by atoms with van der Waals surface area (Å²) in [5.74, 6) is -0.757. The van der Waals surface area contributed by atoms with Gasteiger partial charge in [-0.2, -0.15) is 0 Å². The highest BCUT2D eigenvalue weighted by Gasteiger charge is 2.49. The predicted molar refractivity (Wildman–Crippen MR) is 52.2 cm³/mol. The van der Waals surface area contributed by atoms with Gasteiger partial charge in [0.15, 0.2) is 5.79 Å². The van der Waals surface area contributed by atoms with E-state index in [9.17, 15) is 4.79 Å². The molecule has 0 aromatic rings. The van der Waals surface area contributed by atoms with E-state index in [0.717, 1.165) is 6.54 Å². The second kappa shape index (κ2) is 3.73. The van der Waals surface area contributed by atoms with Crippen LogP contribution in [0.25, 0.3) is 0 Å². The summed E-state index contributed by atoms with van der Waals surface area (Å²) in [6.45, 7) is 4.51. The molecule has 2 aliphatic rings. The number of esters is 1. The van der Waals surface area contributed by atoms with Crippen LogP contribution in [0.4, 0.5) is 0 Å². The first-order valence-electron chi connectivity index (χ1n) is 5.18. The van der Waals surface area contributed by atoms with Gasteiger partial charge in [0, 0.05) is 12.6 Å². The van der Waals surface area contributed by atoms with Crippen LogP contribution in [-0.4, -0.2) is 43.7 Å². The van der Waals surface area contributed by atoms with Crippen LogP contribution < -0.4 is 5.32 Å². The van der Waals surface area contributed by atoms with Gasteiger partial charge in [-0.05, 0) is 13.8 Å². The summed E-state index contributed by atoms with van der Waals surface area (Å²) in [6.07, 6.45) is 0.339. The van der Waals surface area contributed by atoms with Crippen molar-refractivity contribution in [2.75, 3.05) is 13.7 Å². The monoisotopic (exact) mass is 215 g/mol. The molecule has 0 aromatic heterocycles. The molecule has 2 aliphatic heterocycles. The molecule has 2 saturated heterocycles. The lowest BCUT2D eigenvalue weighted by Gasteiger charge is -2.21.